The van der Waals surface area contributed by atoms with E-state index in [1.807, 2.05) is 11.3 Å². The Morgan fingerprint density at radius 3 is 3.05 bits per heavy atom. The summed E-state index contributed by atoms with van der Waals surface area (Å²) < 4.78 is 5.76. The quantitative estimate of drug-likeness (QED) is 0.898. The highest BCUT2D eigenvalue weighted by atomic mass is 32.1. The van der Waals surface area contributed by atoms with Gasteiger partial charge in [-0.15, -0.1) is 11.3 Å². The van der Waals surface area contributed by atoms with Crippen LogP contribution in [0.1, 0.15) is 15.3 Å². The van der Waals surface area contributed by atoms with Crippen LogP contribution >= 0.6 is 11.3 Å². The number of nitrogens with one attached hydrogen (secondary N) is 2. The first-order valence-corrected chi connectivity index (χ1v) is 7.39. The van der Waals surface area contributed by atoms with Crippen molar-refractivity contribution in [2.45, 2.75) is 20.0 Å². The lowest BCUT2D eigenvalue weighted by atomic mass is 10.1. The fraction of sp³-hybridized carbons (Fsp3) is 0.333. The van der Waals surface area contributed by atoms with Crippen molar-refractivity contribution in [3.05, 3.63) is 45.6 Å². The summed E-state index contributed by atoms with van der Waals surface area (Å²) in [5, 5.41) is 6.85. The van der Waals surface area contributed by atoms with E-state index < -0.39 is 0 Å². The van der Waals surface area contributed by atoms with Crippen LogP contribution in [0.3, 0.4) is 0 Å². The van der Waals surface area contributed by atoms with Gasteiger partial charge in [0.1, 0.15) is 12.4 Å². The highest BCUT2D eigenvalue weighted by Gasteiger charge is 2.13. The predicted molar refractivity (Wildman–Crippen MR) is 80.0 cm³/mol. The molecule has 3 nitrogen and oxygen atoms in total. The standard InChI is InChI=1S/C15H18N2OS/c1-11-5-6-13(19-11)10-16-9-12-3-2-4-14-15(12)18-8-7-17-14/h2-6,16-17H,7-10H2,1H3. The summed E-state index contributed by atoms with van der Waals surface area (Å²) in [6, 6.07) is 10.6. The number of rotatable bonds is 4. The third-order valence-electron chi connectivity index (χ3n) is 3.17. The van der Waals surface area contributed by atoms with Gasteiger partial charge in [0, 0.05) is 35.0 Å². The molecule has 0 saturated carbocycles. The van der Waals surface area contributed by atoms with E-state index in [0.29, 0.717) is 0 Å². The van der Waals surface area contributed by atoms with Gasteiger partial charge in [-0.25, -0.2) is 0 Å². The van der Waals surface area contributed by atoms with Crippen molar-refractivity contribution in [3.8, 4) is 5.75 Å². The molecule has 0 atom stereocenters. The summed E-state index contributed by atoms with van der Waals surface area (Å²) in [5.41, 5.74) is 2.33. The van der Waals surface area contributed by atoms with Crippen molar-refractivity contribution >= 4 is 17.0 Å². The third-order valence-corrected chi connectivity index (χ3v) is 4.17. The van der Waals surface area contributed by atoms with Gasteiger partial charge in [0.25, 0.3) is 0 Å². The van der Waals surface area contributed by atoms with E-state index in [9.17, 15) is 0 Å². The molecule has 1 aliphatic rings. The van der Waals surface area contributed by atoms with Crippen LogP contribution in [0.4, 0.5) is 5.69 Å². The van der Waals surface area contributed by atoms with Crippen molar-refractivity contribution in [1.82, 2.24) is 5.32 Å². The SMILES string of the molecule is Cc1ccc(CNCc2cccc3c2OCCN3)s1. The molecule has 2 N–H and O–H groups in total. The molecule has 1 aromatic heterocycles. The summed E-state index contributed by atoms with van der Waals surface area (Å²) in [7, 11) is 0. The smallest absolute Gasteiger partial charge is 0.146 e. The second-order valence-electron chi connectivity index (χ2n) is 4.68. The number of aryl methyl sites for hydroxylation is 1. The molecule has 0 bridgehead atoms. The maximum atomic E-state index is 5.76. The van der Waals surface area contributed by atoms with Gasteiger partial charge in [0.2, 0.25) is 0 Å². The van der Waals surface area contributed by atoms with Gasteiger partial charge in [-0.2, -0.15) is 0 Å². The molecule has 19 heavy (non-hydrogen) atoms. The van der Waals surface area contributed by atoms with Gasteiger partial charge in [-0.3, -0.25) is 0 Å². The number of hydrogen-bond donors (Lipinski definition) is 2. The molecule has 1 aliphatic heterocycles. The Balaban J connectivity index is 1.64. The number of para-hydroxylation sites is 1. The van der Waals surface area contributed by atoms with E-state index in [0.717, 1.165) is 37.7 Å². The molecule has 0 radical (unpaired) electrons. The van der Waals surface area contributed by atoms with E-state index in [1.54, 1.807) is 0 Å². The molecule has 2 aromatic rings. The zero-order chi connectivity index (χ0) is 13.1. The number of anilines is 1. The minimum atomic E-state index is 0.744. The second kappa shape index (κ2) is 5.63. The van der Waals surface area contributed by atoms with Gasteiger partial charge in [-0.05, 0) is 25.1 Å². The largest absolute Gasteiger partial charge is 0.489 e. The molecule has 0 spiro atoms. The van der Waals surface area contributed by atoms with Crippen LogP contribution in [0.5, 0.6) is 5.75 Å². The lowest BCUT2D eigenvalue weighted by molar-refractivity contribution is 0.319. The molecular formula is C15H18N2OS. The molecule has 100 valence electrons. The monoisotopic (exact) mass is 274 g/mol. The highest BCUT2D eigenvalue weighted by molar-refractivity contribution is 7.11. The fourth-order valence-electron chi connectivity index (χ4n) is 2.27. The van der Waals surface area contributed by atoms with Crippen molar-refractivity contribution in [2.24, 2.45) is 0 Å². The molecule has 0 fully saturated rings. The number of thiophene rings is 1. The molecular weight excluding hydrogens is 256 g/mol. The Morgan fingerprint density at radius 1 is 1.26 bits per heavy atom. The Bertz CT molecular complexity index is 565. The van der Waals surface area contributed by atoms with E-state index >= 15 is 0 Å². The predicted octanol–water partition coefficient (Wildman–Crippen LogP) is 3.15. The van der Waals surface area contributed by atoms with Crippen molar-refractivity contribution in [2.75, 3.05) is 18.5 Å². The number of benzene rings is 1. The van der Waals surface area contributed by atoms with Crippen LogP contribution in [0.15, 0.2) is 30.3 Å². The van der Waals surface area contributed by atoms with E-state index in [1.165, 1.54) is 15.3 Å². The summed E-state index contributed by atoms with van der Waals surface area (Å²) in [4.78, 5) is 2.74. The van der Waals surface area contributed by atoms with Gasteiger partial charge < -0.3 is 15.4 Å². The fourth-order valence-corrected chi connectivity index (χ4v) is 3.13. The van der Waals surface area contributed by atoms with Crippen LogP contribution in [0, 0.1) is 6.92 Å². The molecule has 0 amide bonds. The van der Waals surface area contributed by atoms with Crippen LogP contribution in [0.2, 0.25) is 0 Å². The van der Waals surface area contributed by atoms with Crippen LogP contribution in [-0.2, 0) is 13.1 Å². The Morgan fingerprint density at radius 2 is 2.21 bits per heavy atom. The molecule has 0 saturated heterocycles. The maximum absolute atomic E-state index is 5.76. The van der Waals surface area contributed by atoms with Gasteiger partial charge in [0.05, 0.1) is 5.69 Å². The summed E-state index contributed by atoms with van der Waals surface area (Å²) in [5.74, 6) is 1.00. The zero-order valence-corrected chi connectivity index (χ0v) is 11.8. The summed E-state index contributed by atoms with van der Waals surface area (Å²) in [6.45, 7) is 5.52. The average molecular weight is 274 g/mol. The van der Waals surface area contributed by atoms with Gasteiger partial charge >= 0.3 is 0 Å². The summed E-state index contributed by atoms with van der Waals surface area (Å²) >= 11 is 1.85. The minimum absolute atomic E-state index is 0.744. The van der Waals surface area contributed by atoms with Crippen LogP contribution in [-0.4, -0.2) is 13.2 Å². The molecule has 4 heteroatoms. The first-order valence-electron chi connectivity index (χ1n) is 6.57. The number of ether oxygens (including phenoxy) is 1. The molecule has 0 aliphatic carbocycles. The normalized spacial score (nSPS) is 13.5. The van der Waals surface area contributed by atoms with Crippen LogP contribution in [0.25, 0.3) is 0 Å². The topological polar surface area (TPSA) is 33.3 Å². The lowest BCUT2D eigenvalue weighted by Gasteiger charge is -2.21. The van der Waals surface area contributed by atoms with Crippen molar-refractivity contribution in [3.63, 3.8) is 0 Å². The maximum Gasteiger partial charge on any atom is 0.146 e. The van der Waals surface area contributed by atoms with Crippen LogP contribution < -0.4 is 15.4 Å². The minimum Gasteiger partial charge on any atom is -0.489 e. The molecule has 3 rings (SSSR count). The van der Waals surface area contributed by atoms with Crippen molar-refractivity contribution < 1.29 is 4.74 Å². The third kappa shape index (κ3) is 2.91. The van der Waals surface area contributed by atoms with Crippen molar-refractivity contribution in [1.29, 1.82) is 0 Å². The van der Waals surface area contributed by atoms with E-state index in [4.69, 9.17) is 4.74 Å². The Hall–Kier alpha value is -1.52. The van der Waals surface area contributed by atoms with Gasteiger partial charge in [0.15, 0.2) is 0 Å². The lowest BCUT2D eigenvalue weighted by Crippen LogP contribution is -2.20. The Labute approximate surface area is 117 Å². The summed E-state index contributed by atoms with van der Waals surface area (Å²) in [6.07, 6.45) is 0. The first kappa shape index (κ1) is 12.5. The van der Waals surface area contributed by atoms with Gasteiger partial charge in [-0.1, -0.05) is 12.1 Å². The number of hydrogen-bond acceptors (Lipinski definition) is 4. The highest BCUT2D eigenvalue weighted by Crippen LogP contribution is 2.31. The molecule has 1 aromatic carbocycles. The number of fused-ring (bicyclic) bond motifs is 1. The average Bonchev–Trinajstić information content (AvgIpc) is 2.85. The van der Waals surface area contributed by atoms with E-state index in [-0.39, 0.29) is 0 Å². The van der Waals surface area contributed by atoms with E-state index in [2.05, 4.69) is 47.9 Å². The molecule has 0 unspecified atom stereocenters. The molecule has 2 heterocycles. The Kier molecular flexibility index (Phi) is 3.71. The zero-order valence-electron chi connectivity index (χ0n) is 11.0. The first-order chi connectivity index (χ1) is 9.33. The second-order valence-corrected chi connectivity index (χ2v) is 6.06.